The van der Waals surface area contributed by atoms with Crippen LogP contribution in [-0.4, -0.2) is 2.43 Å². The Morgan fingerprint density at radius 2 is 1.80 bits per heavy atom. The van der Waals surface area contributed by atoms with E-state index >= 15 is 0 Å². The van der Waals surface area contributed by atoms with Gasteiger partial charge < -0.3 is 0 Å². The Morgan fingerprint density at radius 3 is 2.00 bits per heavy atom. The van der Waals surface area contributed by atoms with Gasteiger partial charge in [0.2, 0.25) is 0 Å². The third-order valence-electron chi connectivity index (χ3n) is 0.342. The predicted molar refractivity (Wildman–Crippen MR) is 14.0 cm³/mol. The summed E-state index contributed by atoms with van der Waals surface area (Å²) in [4.78, 5) is 0. The summed E-state index contributed by atoms with van der Waals surface area (Å²) in [6.07, 6.45) is 0. The summed E-state index contributed by atoms with van der Waals surface area (Å²) in [7, 11) is 0. The van der Waals surface area contributed by atoms with E-state index in [9.17, 15) is 0 Å². The van der Waals surface area contributed by atoms with Gasteiger partial charge in [-0.3, -0.25) is 0 Å². The van der Waals surface area contributed by atoms with Crippen LogP contribution in [0.3, 0.4) is 0 Å². The summed E-state index contributed by atoms with van der Waals surface area (Å²) in [6.45, 7) is 0. The molecule has 1 rings (SSSR count). The maximum atomic E-state index is 2.40. The molecule has 0 radical (unpaired) electrons. The minimum absolute atomic E-state index is 0.611. The Balaban J connectivity index is 2.32. The molecule has 0 aromatic rings. The normalized spacial score (nSPS) is 24.0. The van der Waals surface area contributed by atoms with Crippen molar-refractivity contribution in [2.45, 2.75) is 0 Å². The van der Waals surface area contributed by atoms with Gasteiger partial charge >= 0.3 is 53.0 Å². The van der Waals surface area contributed by atoms with Crippen molar-refractivity contribution in [3.63, 3.8) is 0 Å². The molecule has 0 bridgehead atoms. The van der Waals surface area contributed by atoms with Gasteiger partial charge in [0.15, 0.2) is 0 Å². The van der Waals surface area contributed by atoms with Crippen molar-refractivity contribution in [3.8, 4) is 0 Å². The van der Waals surface area contributed by atoms with E-state index < -0.39 is 0 Å². The fourth-order valence-corrected chi connectivity index (χ4v) is 7.58. The molecule has 0 fully saturated rings. The zero-order valence-electron chi connectivity index (χ0n) is 2.62. The van der Waals surface area contributed by atoms with Crippen molar-refractivity contribution < 1.29 is 42.4 Å². The molecule has 0 atom stereocenters. The maximum absolute atomic E-state index is 2.40. The topological polar surface area (TPSA) is 0 Å². The SMILES string of the molecule is C1=C[I-]C[I-]1. The second-order valence-corrected chi connectivity index (χ2v) is 8.31. The molecule has 0 saturated heterocycles. The average Bonchev–Trinajstić information content (AvgIpc) is 1.76. The average molecular weight is 294 g/mol. The number of alkyl halides is 2. The molecule has 0 N–H and O–H groups in total. The van der Waals surface area contributed by atoms with Gasteiger partial charge in [0.1, 0.15) is 0 Å². The zero-order valence-corrected chi connectivity index (χ0v) is 6.93. The van der Waals surface area contributed by atoms with Gasteiger partial charge in [0.05, 0.1) is 0 Å². The third-order valence-corrected chi connectivity index (χ3v) is 8.59. The van der Waals surface area contributed by atoms with Crippen LogP contribution < -0.4 is 42.4 Å². The summed E-state index contributed by atoms with van der Waals surface area (Å²) in [6, 6.07) is 0. The Morgan fingerprint density at radius 1 is 1.20 bits per heavy atom. The molecule has 0 aromatic carbocycles. The van der Waals surface area contributed by atoms with Gasteiger partial charge in [-0.15, -0.1) is 0 Å². The molecule has 0 spiro atoms. The van der Waals surface area contributed by atoms with E-state index in [4.69, 9.17) is 0 Å². The Bertz CT molecular complexity index is 42.9. The van der Waals surface area contributed by atoms with Gasteiger partial charge in [-0.25, -0.2) is 0 Å². The first-order valence-corrected chi connectivity index (χ1v) is 6.85. The molecule has 0 aromatic heterocycles. The first kappa shape index (κ1) is 4.36. The molecule has 1 heterocycles. The van der Waals surface area contributed by atoms with Crippen LogP contribution in [0, 0.1) is 0 Å². The summed E-state index contributed by atoms with van der Waals surface area (Å²) >= 11 is 1.22. The first-order chi connectivity index (χ1) is 2.50. The van der Waals surface area contributed by atoms with E-state index in [-0.39, 0.29) is 0 Å². The summed E-state index contributed by atoms with van der Waals surface area (Å²) in [5.74, 6) is 0. The number of halogens is 2. The van der Waals surface area contributed by atoms with E-state index in [2.05, 4.69) is 8.17 Å². The number of hydrogen-bond donors (Lipinski definition) is 0. The number of hydrogen-bond acceptors (Lipinski definition) is 0. The molecular weight excluding hydrogens is 290 g/mol. The first-order valence-electron chi connectivity index (χ1n) is 1.30. The van der Waals surface area contributed by atoms with E-state index in [0.717, 1.165) is 0 Å². The molecule has 1 aliphatic heterocycles. The summed E-state index contributed by atoms with van der Waals surface area (Å²) in [5.41, 5.74) is 0. The van der Waals surface area contributed by atoms with Gasteiger partial charge in [0, 0.05) is 0 Å². The van der Waals surface area contributed by atoms with E-state index in [1.54, 1.807) is 2.43 Å². The van der Waals surface area contributed by atoms with Crippen LogP contribution in [0.25, 0.3) is 0 Å². The molecule has 5 heavy (non-hydrogen) atoms. The van der Waals surface area contributed by atoms with E-state index in [1.165, 1.54) is 0 Å². The van der Waals surface area contributed by atoms with Crippen molar-refractivity contribution in [1.29, 1.82) is 0 Å². The quantitative estimate of drug-likeness (QED) is 0.309. The van der Waals surface area contributed by atoms with Crippen molar-refractivity contribution in [2.75, 3.05) is 2.43 Å². The molecule has 1 aliphatic rings. The van der Waals surface area contributed by atoms with E-state index in [0.29, 0.717) is 42.4 Å². The Kier molecular flexibility index (Phi) is 2.08. The van der Waals surface area contributed by atoms with Gasteiger partial charge in [-0.05, 0) is 0 Å². The van der Waals surface area contributed by atoms with Gasteiger partial charge in [-0.1, -0.05) is 0 Å². The fourth-order valence-electron chi connectivity index (χ4n) is 0.168. The van der Waals surface area contributed by atoms with Crippen LogP contribution >= 0.6 is 0 Å². The predicted octanol–water partition coefficient (Wildman–Crippen LogP) is -5.39. The van der Waals surface area contributed by atoms with Crippen LogP contribution in [-0.2, 0) is 0 Å². The van der Waals surface area contributed by atoms with Crippen LogP contribution in [0.15, 0.2) is 8.17 Å². The van der Waals surface area contributed by atoms with Crippen molar-refractivity contribution >= 4 is 0 Å². The van der Waals surface area contributed by atoms with Crippen molar-refractivity contribution in [2.24, 2.45) is 0 Å². The van der Waals surface area contributed by atoms with Crippen molar-refractivity contribution in [3.05, 3.63) is 8.17 Å². The monoisotopic (exact) mass is 294 g/mol. The van der Waals surface area contributed by atoms with Crippen molar-refractivity contribution in [1.82, 2.24) is 0 Å². The third kappa shape index (κ3) is 1.39. The molecule has 0 aliphatic carbocycles. The molecule has 0 nitrogen and oxygen atoms in total. The molecule has 32 valence electrons. The van der Waals surface area contributed by atoms with Crippen LogP contribution in [0.4, 0.5) is 0 Å². The van der Waals surface area contributed by atoms with Gasteiger partial charge in [0.25, 0.3) is 0 Å². The standard InChI is InChI=1S/C3H4I2/c1-2-5-3-4-1/h1-2H,3H2/q-2. The minimum atomic E-state index is 0.611. The summed E-state index contributed by atoms with van der Waals surface area (Å²) in [5, 5.41) is 0. The molecule has 0 amide bonds. The summed E-state index contributed by atoms with van der Waals surface area (Å²) < 4.78 is 6.40. The molecular formula is C3H4I2-2. The van der Waals surface area contributed by atoms with Crippen LogP contribution in [0.2, 0.25) is 0 Å². The second kappa shape index (κ2) is 2.39. The molecule has 0 saturated carbocycles. The number of rotatable bonds is 0. The Labute approximate surface area is 52.5 Å². The van der Waals surface area contributed by atoms with Crippen LogP contribution in [0.1, 0.15) is 0 Å². The van der Waals surface area contributed by atoms with Crippen LogP contribution in [0.5, 0.6) is 0 Å². The molecule has 2 heteroatoms. The molecule has 0 unspecified atom stereocenters. The second-order valence-electron chi connectivity index (χ2n) is 0.662. The zero-order chi connectivity index (χ0) is 3.54. The van der Waals surface area contributed by atoms with Gasteiger partial charge in [-0.2, -0.15) is 0 Å². The van der Waals surface area contributed by atoms with E-state index in [1.807, 2.05) is 0 Å². The Hall–Kier alpha value is 1.20. The fraction of sp³-hybridized carbons (Fsp3) is 0.333.